The topological polar surface area (TPSA) is 59.5 Å². The standard InChI is InChI=1S/C23H25ClN4O2/c1-16-25-15-21-22(11-12-28(13-14-29-2)23(21)26-16)27-18-5-9-20(10-6-18)30-19-7-3-17(24)4-8-19/h3-10,15,22,27H,11-14H2,1-2H3. The Kier molecular flexibility index (Phi) is 6.35. The first-order chi connectivity index (χ1) is 14.6. The van der Waals surface area contributed by atoms with Gasteiger partial charge in [0.05, 0.1) is 12.6 Å². The maximum absolute atomic E-state index is 5.92. The second kappa shape index (κ2) is 9.32. The molecule has 1 N–H and O–H groups in total. The predicted octanol–water partition coefficient (Wildman–Crippen LogP) is 5.24. The van der Waals surface area contributed by atoms with Gasteiger partial charge < -0.3 is 19.7 Å². The maximum Gasteiger partial charge on any atom is 0.137 e. The van der Waals surface area contributed by atoms with Gasteiger partial charge in [0.1, 0.15) is 23.1 Å². The van der Waals surface area contributed by atoms with Gasteiger partial charge in [-0.3, -0.25) is 0 Å². The molecule has 30 heavy (non-hydrogen) atoms. The van der Waals surface area contributed by atoms with Gasteiger partial charge in [0.15, 0.2) is 0 Å². The zero-order valence-electron chi connectivity index (χ0n) is 17.1. The Hall–Kier alpha value is -2.83. The van der Waals surface area contributed by atoms with Crippen LogP contribution in [-0.4, -0.2) is 36.8 Å². The molecule has 0 saturated heterocycles. The molecule has 156 valence electrons. The number of hydrogen-bond donors (Lipinski definition) is 1. The van der Waals surface area contributed by atoms with E-state index in [-0.39, 0.29) is 6.04 Å². The number of methoxy groups -OCH3 is 1. The van der Waals surface area contributed by atoms with Gasteiger partial charge in [-0.05, 0) is 61.9 Å². The van der Waals surface area contributed by atoms with Gasteiger partial charge in [-0.25, -0.2) is 9.97 Å². The highest BCUT2D eigenvalue weighted by molar-refractivity contribution is 6.30. The van der Waals surface area contributed by atoms with E-state index >= 15 is 0 Å². The van der Waals surface area contributed by atoms with E-state index in [1.165, 1.54) is 0 Å². The number of aromatic nitrogens is 2. The molecule has 0 radical (unpaired) electrons. The molecule has 1 atom stereocenters. The van der Waals surface area contributed by atoms with Crippen LogP contribution in [0.5, 0.6) is 11.5 Å². The first kappa shape index (κ1) is 20.4. The molecule has 4 rings (SSSR count). The van der Waals surface area contributed by atoms with Crippen molar-refractivity contribution in [1.82, 2.24) is 9.97 Å². The number of benzene rings is 2. The summed E-state index contributed by atoms with van der Waals surface area (Å²) < 4.78 is 11.1. The summed E-state index contributed by atoms with van der Waals surface area (Å²) in [5.41, 5.74) is 2.14. The first-order valence-corrected chi connectivity index (χ1v) is 10.4. The summed E-state index contributed by atoms with van der Waals surface area (Å²) in [6.45, 7) is 4.34. The average Bonchev–Trinajstić information content (AvgIpc) is 2.76. The summed E-state index contributed by atoms with van der Waals surface area (Å²) in [5, 5.41) is 4.31. The molecule has 6 nitrogen and oxygen atoms in total. The van der Waals surface area contributed by atoms with Crippen LogP contribution in [0.2, 0.25) is 5.02 Å². The number of nitrogens with one attached hydrogen (secondary N) is 1. The molecule has 2 heterocycles. The summed E-state index contributed by atoms with van der Waals surface area (Å²) in [4.78, 5) is 11.4. The number of anilines is 2. The highest BCUT2D eigenvalue weighted by Crippen LogP contribution is 2.34. The lowest BCUT2D eigenvalue weighted by atomic mass is 10.0. The number of aryl methyl sites for hydroxylation is 1. The van der Waals surface area contributed by atoms with Crippen LogP contribution in [0.25, 0.3) is 0 Å². The van der Waals surface area contributed by atoms with Crippen molar-refractivity contribution in [2.45, 2.75) is 19.4 Å². The van der Waals surface area contributed by atoms with Gasteiger partial charge in [0.25, 0.3) is 0 Å². The molecular formula is C23H25ClN4O2. The number of halogens is 1. The summed E-state index contributed by atoms with van der Waals surface area (Å²) >= 11 is 5.92. The Morgan fingerprint density at radius 1 is 1.10 bits per heavy atom. The average molecular weight is 425 g/mol. The van der Waals surface area contributed by atoms with Crippen LogP contribution in [0.1, 0.15) is 23.9 Å². The van der Waals surface area contributed by atoms with E-state index in [0.29, 0.717) is 11.6 Å². The normalized spacial score (nSPS) is 15.6. The lowest BCUT2D eigenvalue weighted by Crippen LogP contribution is -2.36. The molecule has 0 saturated carbocycles. The van der Waals surface area contributed by atoms with Crippen molar-refractivity contribution in [3.63, 3.8) is 0 Å². The molecule has 7 heteroatoms. The van der Waals surface area contributed by atoms with E-state index in [1.54, 1.807) is 7.11 Å². The lowest BCUT2D eigenvalue weighted by molar-refractivity contribution is 0.204. The fraction of sp³-hybridized carbons (Fsp3) is 0.304. The minimum absolute atomic E-state index is 0.155. The van der Waals surface area contributed by atoms with Gasteiger partial charge in [-0.1, -0.05) is 11.6 Å². The van der Waals surface area contributed by atoms with E-state index in [4.69, 9.17) is 26.1 Å². The Bertz CT molecular complexity index is 979. The van der Waals surface area contributed by atoms with Crippen LogP contribution in [0, 0.1) is 6.92 Å². The van der Waals surface area contributed by atoms with E-state index < -0.39 is 0 Å². The molecular weight excluding hydrogens is 400 g/mol. The Morgan fingerprint density at radius 2 is 1.80 bits per heavy atom. The molecule has 0 fully saturated rings. The fourth-order valence-corrected chi connectivity index (χ4v) is 3.67. The second-order valence-corrected chi connectivity index (χ2v) is 7.68. The third-order valence-electron chi connectivity index (χ3n) is 5.09. The van der Waals surface area contributed by atoms with Crippen LogP contribution in [0.4, 0.5) is 11.5 Å². The van der Waals surface area contributed by atoms with Crippen LogP contribution in [0.3, 0.4) is 0 Å². The molecule has 0 bridgehead atoms. The van der Waals surface area contributed by atoms with Crippen molar-refractivity contribution in [3.8, 4) is 11.5 Å². The quantitative estimate of drug-likeness (QED) is 0.559. The number of ether oxygens (including phenoxy) is 2. The third-order valence-corrected chi connectivity index (χ3v) is 5.34. The van der Waals surface area contributed by atoms with Crippen LogP contribution < -0.4 is 15.0 Å². The monoisotopic (exact) mass is 424 g/mol. The van der Waals surface area contributed by atoms with Gasteiger partial charge >= 0.3 is 0 Å². The summed E-state index contributed by atoms with van der Waals surface area (Å²) in [6, 6.07) is 15.4. The highest BCUT2D eigenvalue weighted by Gasteiger charge is 2.26. The number of fused-ring (bicyclic) bond motifs is 1. The van der Waals surface area contributed by atoms with Crippen molar-refractivity contribution in [1.29, 1.82) is 0 Å². The van der Waals surface area contributed by atoms with E-state index in [2.05, 4.69) is 15.2 Å². The molecule has 2 aromatic carbocycles. The predicted molar refractivity (Wildman–Crippen MR) is 120 cm³/mol. The highest BCUT2D eigenvalue weighted by atomic mass is 35.5. The number of rotatable bonds is 7. The van der Waals surface area contributed by atoms with E-state index in [0.717, 1.165) is 53.9 Å². The molecule has 1 aliphatic heterocycles. The van der Waals surface area contributed by atoms with Gasteiger partial charge in [0, 0.05) is 42.7 Å². The summed E-state index contributed by atoms with van der Waals surface area (Å²) in [7, 11) is 1.72. The van der Waals surface area contributed by atoms with E-state index in [1.807, 2.05) is 61.7 Å². The molecule has 3 aromatic rings. The first-order valence-electron chi connectivity index (χ1n) is 10.00. The van der Waals surface area contributed by atoms with Crippen LogP contribution >= 0.6 is 11.6 Å². The molecule has 1 unspecified atom stereocenters. The van der Waals surface area contributed by atoms with Gasteiger partial charge in [-0.15, -0.1) is 0 Å². The number of hydrogen-bond acceptors (Lipinski definition) is 6. The Labute approximate surface area is 181 Å². The number of nitrogens with zero attached hydrogens (tertiary/aromatic N) is 3. The summed E-state index contributed by atoms with van der Waals surface area (Å²) in [5.74, 6) is 3.30. The Morgan fingerprint density at radius 3 is 2.50 bits per heavy atom. The zero-order chi connectivity index (χ0) is 20.9. The van der Waals surface area contributed by atoms with Crippen molar-refractivity contribution in [2.75, 3.05) is 37.0 Å². The molecule has 0 spiro atoms. The second-order valence-electron chi connectivity index (χ2n) is 7.24. The molecule has 1 aromatic heterocycles. The van der Waals surface area contributed by atoms with Crippen molar-refractivity contribution in [3.05, 3.63) is 71.1 Å². The van der Waals surface area contributed by atoms with E-state index in [9.17, 15) is 0 Å². The van der Waals surface area contributed by atoms with Crippen LogP contribution in [0.15, 0.2) is 54.7 Å². The maximum atomic E-state index is 5.92. The minimum Gasteiger partial charge on any atom is -0.457 e. The smallest absolute Gasteiger partial charge is 0.137 e. The van der Waals surface area contributed by atoms with Crippen molar-refractivity contribution < 1.29 is 9.47 Å². The van der Waals surface area contributed by atoms with Crippen LogP contribution in [-0.2, 0) is 4.74 Å². The molecule has 1 aliphatic rings. The zero-order valence-corrected chi connectivity index (χ0v) is 17.9. The molecule has 0 aliphatic carbocycles. The van der Waals surface area contributed by atoms with Gasteiger partial charge in [0.2, 0.25) is 0 Å². The van der Waals surface area contributed by atoms with Crippen molar-refractivity contribution in [2.24, 2.45) is 0 Å². The third kappa shape index (κ3) is 4.83. The Balaban J connectivity index is 1.46. The SMILES string of the molecule is COCCN1CCC(Nc2ccc(Oc3ccc(Cl)cc3)cc2)c2cnc(C)nc21. The minimum atomic E-state index is 0.155. The fourth-order valence-electron chi connectivity index (χ4n) is 3.54. The molecule has 0 amide bonds. The van der Waals surface area contributed by atoms with Crippen molar-refractivity contribution >= 4 is 23.1 Å². The van der Waals surface area contributed by atoms with Gasteiger partial charge in [-0.2, -0.15) is 0 Å². The lowest BCUT2D eigenvalue weighted by Gasteiger charge is -2.35. The largest absolute Gasteiger partial charge is 0.457 e. The summed E-state index contributed by atoms with van der Waals surface area (Å²) in [6.07, 6.45) is 2.90.